The van der Waals surface area contributed by atoms with Gasteiger partial charge in [-0.1, -0.05) is 6.92 Å². The lowest BCUT2D eigenvalue weighted by atomic mass is 10.1. The van der Waals surface area contributed by atoms with Crippen LogP contribution in [0.5, 0.6) is 0 Å². The smallest absolute Gasteiger partial charge is 0.254 e. The Morgan fingerprint density at radius 2 is 1.73 bits per heavy atom. The summed E-state index contributed by atoms with van der Waals surface area (Å²) in [6.07, 6.45) is 0. The summed E-state index contributed by atoms with van der Waals surface area (Å²) in [5.41, 5.74) is 5.58. The van der Waals surface area contributed by atoms with E-state index in [0.29, 0.717) is 26.2 Å². The number of nitrogens with two attached hydrogens (primary N) is 1. The second-order valence-electron chi connectivity index (χ2n) is 5.38. The van der Waals surface area contributed by atoms with Gasteiger partial charge >= 0.3 is 0 Å². The molecule has 0 spiro atoms. The fourth-order valence-corrected chi connectivity index (χ4v) is 2.35. The van der Waals surface area contributed by atoms with Crippen molar-refractivity contribution in [3.05, 3.63) is 35.4 Å². The Morgan fingerprint density at radius 1 is 1.14 bits per heavy atom. The number of amides is 2. The summed E-state index contributed by atoms with van der Waals surface area (Å²) >= 11 is 0. The van der Waals surface area contributed by atoms with Crippen molar-refractivity contribution in [2.75, 3.05) is 32.7 Å². The highest BCUT2D eigenvalue weighted by molar-refractivity contribution is 5.94. The molecule has 1 heterocycles. The predicted octanol–water partition coefficient (Wildman–Crippen LogP) is 0.844. The van der Waals surface area contributed by atoms with Gasteiger partial charge in [-0.2, -0.15) is 0 Å². The molecule has 1 atom stereocenters. The summed E-state index contributed by atoms with van der Waals surface area (Å²) in [5, 5.41) is 0. The molecule has 5 nitrogen and oxygen atoms in total. The lowest BCUT2D eigenvalue weighted by Gasteiger charge is -2.36. The highest BCUT2D eigenvalue weighted by Crippen LogP contribution is 2.13. The van der Waals surface area contributed by atoms with Crippen molar-refractivity contribution in [2.45, 2.75) is 6.92 Å². The molecule has 0 radical (unpaired) electrons. The van der Waals surface area contributed by atoms with Gasteiger partial charge in [0.05, 0.1) is 0 Å². The van der Waals surface area contributed by atoms with Crippen molar-refractivity contribution in [2.24, 2.45) is 11.7 Å². The minimum Gasteiger partial charge on any atom is -0.339 e. The molecular weight excluding hydrogens is 292 g/mol. The van der Waals surface area contributed by atoms with Crippen LogP contribution < -0.4 is 5.73 Å². The summed E-state index contributed by atoms with van der Waals surface area (Å²) < 4.78 is 26.1. The van der Waals surface area contributed by atoms with Crippen molar-refractivity contribution in [3.63, 3.8) is 0 Å². The molecule has 2 rings (SSSR count). The number of carbonyl (C=O) groups excluding carboxylic acids is 2. The normalized spacial score (nSPS) is 16.5. The molecule has 0 aliphatic carbocycles. The van der Waals surface area contributed by atoms with Crippen molar-refractivity contribution in [1.29, 1.82) is 0 Å². The van der Waals surface area contributed by atoms with Gasteiger partial charge < -0.3 is 15.5 Å². The zero-order chi connectivity index (χ0) is 16.3. The van der Waals surface area contributed by atoms with E-state index in [1.165, 1.54) is 11.0 Å². The number of carbonyl (C=O) groups is 2. The van der Waals surface area contributed by atoms with E-state index in [1.54, 1.807) is 11.8 Å². The van der Waals surface area contributed by atoms with E-state index < -0.39 is 11.6 Å². The van der Waals surface area contributed by atoms with Crippen LogP contribution in [0.2, 0.25) is 0 Å². The van der Waals surface area contributed by atoms with Gasteiger partial charge in [-0.05, 0) is 18.2 Å². The molecule has 1 aromatic carbocycles. The number of halogens is 2. The zero-order valence-electron chi connectivity index (χ0n) is 12.4. The van der Waals surface area contributed by atoms with Gasteiger partial charge in [0.1, 0.15) is 0 Å². The lowest BCUT2D eigenvalue weighted by Crippen LogP contribution is -2.52. The molecule has 1 aromatic rings. The minimum absolute atomic E-state index is 0.0255. The first-order valence-corrected chi connectivity index (χ1v) is 7.17. The van der Waals surface area contributed by atoms with Crippen molar-refractivity contribution >= 4 is 11.8 Å². The Morgan fingerprint density at radius 3 is 2.27 bits per heavy atom. The molecule has 7 heteroatoms. The topological polar surface area (TPSA) is 66.6 Å². The first-order chi connectivity index (χ1) is 10.4. The van der Waals surface area contributed by atoms with Crippen LogP contribution in [0.15, 0.2) is 18.2 Å². The van der Waals surface area contributed by atoms with Crippen LogP contribution in [0.25, 0.3) is 0 Å². The number of piperazine rings is 1. The molecular formula is C15H19F2N3O2. The third-order valence-corrected chi connectivity index (χ3v) is 3.82. The van der Waals surface area contributed by atoms with Crippen molar-refractivity contribution in [1.82, 2.24) is 9.80 Å². The molecule has 22 heavy (non-hydrogen) atoms. The molecule has 1 saturated heterocycles. The first kappa shape index (κ1) is 16.4. The third-order valence-electron chi connectivity index (χ3n) is 3.82. The van der Waals surface area contributed by atoms with E-state index in [4.69, 9.17) is 5.73 Å². The summed E-state index contributed by atoms with van der Waals surface area (Å²) in [6.45, 7) is 3.60. The van der Waals surface area contributed by atoms with Gasteiger partial charge in [-0.25, -0.2) is 8.78 Å². The van der Waals surface area contributed by atoms with Gasteiger partial charge in [0, 0.05) is 44.2 Å². The van der Waals surface area contributed by atoms with Gasteiger partial charge in [0.25, 0.3) is 5.91 Å². The number of rotatable bonds is 3. The number of hydrogen-bond acceptors (Lipinski definition) is 3. The SMILES string of the molecule is CC(CN)C(=O)N1CCN(C(=O)c2ccc(F)c(F)c2)CC1. The molecule has 0 bridgehead atoms. The van der Waals surface area contributed by atoms with Gasteiger partial charge in [0.15, 0.2) is 11.6 Å². The van der Waals surface area contributed by atoms with E-state index in [0.717, 1.165) is 12.1 Å². The van der Waals surface area contributed by atoms with Gasteiger partial charge in [-0.3, -0.25) is 9.59 Å². The van der Waals surface area contributed by atoms with E-state index in [2.05, 4.69) is 0 Å². The number of hydrogen-bond donors (Lipinski definition) is 1. The third kappa shape index (κ3) is 3.41. The molecule has 1 fully saturated rings. The summed E-state index contributed by atoms with van der Waals surface area (Å²) in [4.78, 5) is 27.5. The molecule has 2 N–H and O–H groups in total. The van der Waals surface area contributed by atoms with Gasteiger partial charge in [-0.15, -0.1) is 0 Å². The predicted molar refractivity (Wildman–Crippen MR) is 77.1 cm³/mol. The Bertz CT molecular complexity index is 572. The van der Waals surface area contributed by atoms with Crippen LogP contribution in [-0.4, -0.2) is 54.3 Å². The molecule has 120 valence electrons. The fraction of sp³-hybridized carbons (Fsp3) is 0.467. The number of nitrogens with zero attached hydrogens (tertiary/aromatic N) is 2. The first-order valence-electron chi connectivity index (χ1n) is 7.17. The van der Waals surface area contributed by atoms with Crippen LogP contribution in [-0.2, 0) is 4.79 Å². The summed E-state index contributed by atoms with van der Waals surface area (Å²) in [5.74, 6) is -2.66. The van der Waals surface area contributed by atoms with E-state index in [9.17, 15) is 18.4 Å². The summed E-state index contributed by atoms with van der Waals surface area (Å²) in [7, 11) is 0. The average Bonchev–Trinajstić information content (AvgIpc) is 2.55. The number of benzene rings is 1. The molecule has 1 unspecified atom stereocenters. The Kier molecular flexibility index (Phi) is 5.07. The van der Waals surface area contributed by atoms with E-state index in [1.807, 2.05) is 0 Å². The van der Waals surface area contributed by atoms with Crippen LogP contribution in [0, 0.1) is 17.6 Å². The summed E-state index contributed by atoms with van der Waals surface area (Å²) in [6, 6.07) is 3.09. The quantitative estimate of drug-likeness (QED) is 0.900. The Balaban J connectivity index is 1.97. The lowest BCUT2D eigenvalue weighted by molar-refractivity contribution is -0.136. The van der Waals surface area contributed by atoms with E-state index >= 15 is 0 Å². The van der Waals surface area contributed by atoms with Gasteiger partial charge in [0.2, 0.25) is 5.91 Å². The van der Waals surface area contributed by atoms with Crippen LogP contribution in [0.3, 0.4) is 0 Å². The monoisotopic (exact) mass is 311 g/mol. The molecule has 2 amide bonds. The zero-order valence-corrected chi connectivity index (χ0v) is 12.4. The average molecular weight is 311 g/mol. The fourth-order valence-electron chi connectivity index (χ4n) is 2.35. The molecule has 0 saturated carbocycles. The second-order valence-corrected chi connectivity index (χ2v) is 5.38. The van der Waals surface area contributed by atoms with Crippen LogP contribution >= 0.6 is 0 Å². The standard InChI is InChI=1S/C15H19F2N3O2/c1-10(9-18)14(21)19-4-6-20(7-5-19)15(22)11-2-3-12(16)13(17)8-11/h2-3,8,10H,4-7,9,18H2,1H3. The Hall–Kier alpha value is -2.02. The highest BCUT2D eigenvalue weighted by Gasteiger charge is 2.27. The minimum atomic E-state index is -1.04. The van der Waals surface area contributed by atoms with E-state index in [-0.39, 0.29) is 29.8 Å². The largest absolute Gasteiger partial charge is 0.339 e. The van der Waals surface area contributed by atoms with Crippen LogP contribution in [0.1, 0.15) is 17.3 Å². The maximum Gasteiger partial charge on any atom is 0.254 e. The molecule has 0 aromatic heterocycles. The van der Waals surface area contributed by atoms with Crippen molar-refractivity contribution < 1.29 is 18.4 Å². The Labute approximate surface area is 127 Å². The second kappa shape index (κ2) is 6.83. The molecule has 1 aliphatic heterocycles. The molecule has 1 aliphatic rings. The van der Waals surface area contributed by atoms with Crippen molar-refractivity contribution in [3.8, 4) is 0 Å². The maximum absolute atomic E-state index is 13.2. The van der Waals surface area contributed by atoms with Crippen LogP contribution in [0.4, 0.5) is 8.78 Å². The maximum atomic E-state index is 13.2. The highest BCUT2D eigenvalue weighted by atomic mass is 19.2.